The highest BCUT2D eigenvalue weighted by atomic mass is 19.1. The summed E-state index contributed by atoms with van der Waals surface area (Å²) in [5.41, 5.74) is 7.10. The van der Waals surface area contributed by atoms with E-state index >= 15 is 0 Å². The van der Waals surface area contributed by atoms with Crippen molar-refractivity contribution in [2.75, 3.05) is 30.8 Å². The Morgan fingerprint density at radius 1 is 1.30 bits per heavy atom. The predicted molar refractivity (Wildman–Crippen MR) is 76.9 cm³/mol. The summed E-state index contributed by atoms with van der Waals surface area (Å²) in [6.45, 7) is 1.77. The van der Waals surface area contributed by atoms with Crippen molar-refractivity contribution in [2.45, 2.75) is 6.04 Å². The number of halogens is 1. The second-order valence-corrected chi connectivity index (χ2v) is 4.87. The van der Waals surface area contributed by atoms with Crippen molar-refractivity contribution in [2.24, 2.45) is 0 Å². The van der Waals surface area contributed by atoms with Crippen LogP contribution in [0.2, 0.25) is 0 Å². The van der Waals surface area contributed by atoms with E-state index in [0.29, 0.717) is 17.3 Å². The number of anilines is 2. The van der Waals surface area contributed by atoms with Gasteiger partial charge in [-0.15, -0.1) is 0 Å². The zero-order valence-corrected chi connectivity index (χ0v) is 11.2. The smallest absolute Gasteiger partial charge is 0.222 e. The maximum absolute atomic E-state index is 13.3. The molecule has 3 rings (SSSR count). The average molecular weight is 273 g/mol. The molecule has 104 valence electrons. The first-order valence-electron chi connectivity index (χ1n) is 6.48. The third-order valence-electron chi connectivity index (χ3n) is 3.46. The molecule has 0 spiro atoms. The van der Waals surface area contributed by atoms with Crippen LogP contribution in [0.25, 0.3) is 11.3 Å². The number of nitrogens with two attached hydrogens (primary N) is 1. The van der Waals surface area contributed by atoms with Crippen LogP contribution in [-0.4, -0.2) is 36.1 Å². The van der Waals surface area contributed by atoms with Crippen molar-refractivity contribution in [3.63, 3.8) is 0 Å². The number of nitrogen functional groups attached to an aromatic ring is 1. The van der Waals surface area contributed by atoms with Gasteiger partial charge in [0.15, 0.2) is 0 Å². The molecule has 5 nitrogen and oxygen atoms in total. The number of likely N-dealkylation sites (N-methyl/N-ethyl adjacent to an activating group) is 1. The van der Waals surface area contributed by atoms with Gasteiger partial charge >= 0.3 is 0 Å². The highest BCUT2D eigenvalue weighted by molar-refractivity contribution is 5.65. The van der Waals surface area contributed by atoms with Gasteiger partial charge in [0.05, 0.1) is 5.69 Å². The molecule has 1 fully saturated rings. The van der Waals surface area contributed by atoms with Crippen molar-refractivity contribution in [1.82, 2.24) is 15.3 Å². The first-order chi connectivity index (χ1) is 9.65. The van der Waals surface area contributed by atoms with Gasteiger partial charge in [-0.25, -0.2) is 9.37 Å². The Bertz CT molecular complexity index is 625. The molecule has 2 aromatic rings. The predicted octanol–water partition coefficient (Wildman–Crippen LogP) is 1.27. The number of nitrogens with zero attached hydrogens (tertiary/aromatic N) is 3. The maximum atomic E-state index is 13.3. The Balaban J connectivity index is 1.91. The number of benzene rings is 1. The first-order valence-corrected chi connectivity index (χ1v) is 6.48. The van der Waals surface area contributed by atoms with Crippen LogP contribution in [0.1, 0.15) is 0 Å². The van der Waals surface area contributed by atoms with Crippen LogP contribution < -0.4 is 16.0 Å². The van der Waals surface area contributed by atoms with Crippen LogP contribution in [-0.2, 0) is 0 Å². The lowest BCUT2D eigenvalue weighted by Crippen LogP contribution is -2.57. The molecule has 1 aliphatic rings. The van der Waals surface area contributed by atoms with Crippen molar-refractivity contribution >= 4 is 11.8 Å². The second kappa shape index (κ2) is 5.05. The van der Waals surface area contributed by atoms with Gasteiger partial charge in [-0.3, -0.25) is 0 Å². The van der Waals surface area contributed by atoms with Gasteiger partial charge in [-0.2, -0.15) is 4.98 Å². The summed E-state index contributed by atoms with van der Waals surface area (Å²) in [5, 5.41) is 3.20. The Hall–Kier alpha value is -2.21. The molecule has 0 aliphatic carbocycles. The highest BCUT2D eigenvalue weighted by Gasteiger charge is 2.26. The largest absolute Gasteiger partial charge is 0.368 e. The van der Waals surface area contributed by atoms with E-state index in [1.54, 1.807) is 12.1 Å². The fourth-order valence-corrected chi connectivity index (χ4v) is 2.26. The lowest BCUT2D eigenvalue weighted by Gasteiger charge is -2.40. The summed E-state index contributed by atoms with van der Waals surface area (Å²) in [6.07, 6.45) is 0. The number of hydrogen-bond acceptors (Lipinski definition) is 5. The molecule has 20 heavy (non-hydrogen) atoms. The molecule has 0 amide bonds. The first kappa shape index (κ1) is 12.8. The molecule has 1 saturated heterocycles. The van der Waals surface area contributed by atoms with E-state index in [1.807, 2.05) is 13.1 Å². The van der Waals surface area contributed by atoms with Gasteiger partial charge in [0.1, 0.15) is 11.6 Å². The number of nitrogens with one attached hydrogen (secondary N) is 1. The zero-order valence-electron chi connectivity index (χ0n) is 11.2. The summed E-state index contributed by atoms with van der Waals surface area (Å²) in [4.78, 5) is 10.5. The Morgan fingerprint density at radius 3 is 2.80 bits per heavy atom. The van der Waals surface area contributed by atoms with Crippen LogP contribution in [0.5, 0.6) is 0 Å². The quantitative estimate of drug-likeness (QED) is 0.881. The summed E-state index contributed by atoms with van der Waals surface area (Å²) >= 11 is 0. The standard InChI is InChI=1S/C14H16FN5/c1-17-11-7-20(8-11)13-6-12(18-14(16)19-13)9-3-2-4-10(15)5-9/h2-6,11,17H,7-8H2,1H3,(H2,16,18,19). The lowest BCUT2D eigenvalue weighted by atomic mass is 10.1. The van der Waals surface area contributed by atoms with E-state index in [4.69, 9.17) is 5.73 Å². The van der Waals surface area contributed by atoms with Crippen LogP contribution in [0.4, 0.5) is 16.2 Å². The van der Waals surface area contributed by atoms with Gasteiger partial charge in [0.25, 0.3) is 0 Å². The molecule has 2 heterocycles. The second-order valence-electron chi connectivity index (χ2n) is 4.87. The van der Waals surface area contributed by atoms with Crippen molar-refractivity contribution < 1.29 is 4.39 Å². The highest BCUT2D eigenvalue weighted by Crippen LogP contribution is 2.25. The van der Waals surface area contributed by atoms with Crippen LogP contribution in [0.15, 0.2) is 30.3 Å². The van der Waals surface area contributed by atoms with E-state index in [-0.39, 0.29) is 11.8 Å². The number of aromatic nitrogens is 2. The fourth-order valence-electron chi connectivity index (χ4n) is 2.26. The van der Waals surface area contributed by atoms with Crippen LogP contribution >= 0.6 is 0 Å². The average Bonchev–Trinajstić information content (AvgIpc) is 2.37. The molecule has 1 aromatic carbocycles. The molecular weight excluding hydrogens is 257 g/mol. The van der Waals surface area contributed by atoms with Crippen molar-refractivity contribution in [3.8, 4) is 11.3 Å². The number of rotatable bonds is 3. The van der Waals surface area contributed by atoms with E-state index in [9.17, 15) is 4.39 Å². The fraction of sp³-hybridized carbons (Fsp3) is 0.286. The summed E-state index contributed by atoms with van der Waals surface area (Å²) < 4.78 is 13.3. The molecule has 0 radical (unpaired) electrons. The van der Waals surface area contributed by atoms with E-state index in [1.165, 1.54) is 12.1 Å². The molecule has 1 aliphatic heterocycles. The molecule has 6 heteroatoms. The normalized spacial score (nSPS) is 15.2. The molecule has 3 N–H and O–H groups in total. The van der Waals surface area contributed by atoms with Gasteiger partial charge in [-0.1, -0.05) is 12.1 Å². The van der Waals surface area contributed by atoms with E-state index in [2.05, 4.69) is 20.2 Å². The monoisotopic (exact) mass is 273 g/mol. The third-order valence-corrected chi connectivity index (χ3v) is 3.46. The van der Waals surface area contributed by atoms with Gasteiger partial charge in [0, 0.05) is 30.8 Å². The minimum atomic E-state index is -0.291. The van der Waals surface area contributed by atoms with Gasteiger partial charge in [0.2, 0.25) is 5.95 Å². The molecule has 0 bridgehead atoms. The Kier molecular flexibility index (Phi) is 3.23. The van der Waals surface area contributed by atoms with Gasteiger partial charge < -0.3 is 16.0 Å². The van der Waals surface area contributed by atoms with Crippen molar-refractivity contribution in [3.05, 3.63) is 36.1 Å². The lowest BCUT2D eigenvalue weighted by molar-refractivity contribution is 0.447. The Labute approximate surface area is 116 Å². The minimum Gasteiger partial charge on any atom is -0.368 e. The van der Waals surface area contributed by atoms with Crippen molar-refractivity contribution in [1.29, 1.82) is 0 Å². The third kappa shape index (κ3) is 2.42. The summed E-state index contributed by atoms with van der Waals surface area (Å²) in [7, 11) is 1.94. The van der Waals surface area contributed by atoms with Crippen LogP contribution in [0.3, 0.4) is 0 Å². The van der Waals surface area contributed by atoms with Crippen LogP contribution in [0, 0.1) is 5.82 Å². The van der Waals surface area contributed by atoms with Gasteiger partial charge in [-0.05, 0) is 19.2 Å². The SMILES string of the molecule is CNC1CN(c2cc(-c3cccc(F)c3)nc(N)n2)C1. The summed E-state index contributed by atoms with van der Waals surface area (Å²) in [5.74, 6) is 0.693. The minimum absolute atomic E-state index is 0.203. The molecular formula is C14H16FN5. The topological polar surface area (TPSA) is 67.1 Å². The van der Waals surface area contributed by atoms with E-state index in [0.717, 1.165) is 18.9 Å². The molecule has 0 saturated carbocycles. The molecule has 0 unspecified atom stereocenters. The number of hydrogen-bond donors (Lipinski definition) is 2. The van der Waals surface area contributed by atoms with E-state index < -0.39 is 0 Å². The molecule has 1 aromatic heterocycles. The molecule has 0 atom stereocenters. The zero-order chi connectivity index (χ0) is 14.1. The maximum Gasteiger partial charge on any atom is 0.222 e. The summed E-state index contributed by atoms with van der Waals surface area (Å²) in [6, 6.07) is 8.63. The Morgan fingerprint density at radius 2 is 2.10 bits per heavy atom.